The van der Waals surface area contributed by atoms with E-state index in [0.29, 0.717) is 0 Å². The van der Waals surface area contributed by atoms with Crippen molar-refractivity contribution in [2.24, 2.45) is 21.0 Å². The molecule has 98 valence electrons. The monoisotopic (exact) mass is 236 g/mol. The largest absolute Gasteiger partial charge is 0.159 e. The fraction of sp³-hybridized carbons (Fsp3) is 0.733. The van der Waals surface area contributed by atoms with Crippen molar-refractivity contribution >= 4 is 11.4 Å². The second-order valence-corrected chi connectivity index (χ2v) is 6.63. The van der Waals surface area contributed by atoms with Crippen LogP contribution in [0.1, 0.15) is 61.8 Å². The van der Waals surface area contributed by atoms with Crippen LogP contribution < -0.4 is 0 Å². The first-order valence-corrected chi connectivity index (χ1v) is 6.31. The number of hydrogen-bond donors (Lipinski definition) is 0. The summed E-state index contributed by atoms with van der Waals surface area (Å²) in [4.78, 5) is 0. The Bertz CT molecular complexity index is 333. The van der Waals surface area contributed by atoms with E-state index in [1.165, 1.54) is 0 Å². The molecule has 0 spiro atoms. The molecule has 0 aromatic heterocycles. The van der Waals surface area contributed by atoms with Gasteiger partial charge in [-0.25, -0.2) is 0 Å². The molecule has 0 amide bonds. The van der Waals surface area contributed by atoms with Crippen molar-refractivity contribution in [2.75, 3.05) is 0 Å². The molecule has 0 radical (unpaired) electrons. The molecular formula is C15H28N2. The van der Waals surface area contributed by atoms with Gasteiger partial charge in [-0.05, 0) is 18.9 Å². The second kappa shape index (κ2) is 5.61. The van der Waals surface area contributed by atoms with Crippen molar-refractivity contribution in [1.29, 1.82) is 0 Å². The van der Waals surface area contributed by atoms with Crippen LogP contribution in [0.2, 0.25) is 0 Å². The van der Waals surface area contributed by atoms with Crippen molar-refractivity contribution in [2.45, 2.75) is 61.8 Å². The Kier molecular flexibility index (Phi) is 5.31. The molecule has 0 saturated carbocycles. The normalized spacial score (nSPS) is 15.1. The number of rotatable bonds is 3. The summed E-state index contributed by atoms with van der Waals surface area (Å²) in [5.41, 5.74) is 3.17. The minimum absolute atomic E-state index is 0.00787. The average molecular weight is 236 g/mol. The molecule has 0 aromatic carbocycles. The lowest BCUT2D eigenvalue weighted by molar-refractivity contribution is 0.572. The summed E-state index contributed by atoms with van der Waals surface area (Å²) in [5, 5.41) is 8.88. The Labute approximate surface area is 107 Å². The molecule has 0 rings (SSSR count). The third-order valence-corrected chi connectivity index (χ3v) is 2.59. The first-order valence-electron chi connectivity index (χ1n) is 6.31. The molecule has 0 heterocycles. The molecule has 2 nitrogen and oxygen atoms in total. The Balaban J connectivity index is 5.37. The van der Waals surface area contributed by atoms with E-state index in [4.69, 9.17) is 0 Å². The van der Waals surface area contributed by atoms with Crippen LogP contribution in [0.3, 0.4) is 0 Å². The lowest BCUT2D eigenvalue weighted by Gasteiger charge is -2.22. The van der Waals surface area contributed by atoms with Gasteiger partial charge in [-0.3, -0.25) is 0 Å². The highest BCUT2D eigenvalue weighted by Crippen LogP contribution is 2.23. The second-order valence-electron chi connectivity index (χ2n) is 6.63. The van der Waals surface area contributed by atoms with E-state index in [2.05, 4.69) is 65.2 Å². The quantitative estimate of drug-likeness (QED) is 0.494. The summed E-state index contributed by atoms with van der Waals surface area (Å²) >= 11 is 0. The molecule has 17 heavy (non-hydrogen) atoms. The first-order chi connectivity index (χ1) is 7.50. The zero-order chi connectivity index (χ0) is 13.9. The third kappa shape index (κ3) is 5.29. The Morgan fingerprint density at radius 1 is 0.941 bits per heavy atom. The molecule has 0 aliphatic carbocycles. The number of allylic oxidation sites excluding steroid dienone is 1. The topological polar surface area (TPSA) is 24.7 Å². The molecule has 0 aliphatic heterocycles. The molecule has 0 fully saturated rings. The molecular weight excluding hydrogens is 208 g/mol. The zero-order valence-electron chi connectivity index (χ0n) is 12.8. The Morgan fingerprint density at radius 3 is 1.65 bits per heavy atom. The van der Waals surface area contributed by atoms with Gasteiger partial charge in [0.05, 0.1) is 5.71 Å². The third-order valence-electron chi connectivity index (χ3n) is 2.59. The van der Waals surface area contributed by atoms with Gasteiger partial charge < -0.3 is 0 Å². The van der Waals surface area contributed by atoms with Crippen molar-refractivity contribution in [3.63, 3.8) is 0 Å². The van der Waals surface area contributed by atoms with Gasteiger partial charge in [0.15, 0.2) is 0 Å². The van der Waals surface area contributed by atoms with Crippen molar-refractivity contribution in [3.05, 3.63) is 12.2 Å². The first kappa shape index (κ1) is 16.1. The van der Waals surface area contributed by atoms with Crippen LogP contribution in [0, 0.1) is 10.8 Å². The SMILES string of the molecule is C=C(C)/C(=N\N=C(/CC)C(C)(C)C)C(C)(C)C. The van der Waals surface area contributed by atoms with Gasteiger partial charge in [0.2, 0.25) is 0 Å². The van der Waals surface area contributed by atoms with Crippen molar-refractivity contribution < 1.29 is 0 Å². The van der Waals surface area contributed by atoms with Crippen molar-refractivity contribution in [3.8, 4) is 0 Å². The fourth-order valence-corrected chi connectivity index (χ4v) is 1.74. The fourth-order valence-electron chi connectivity index (χ4n) is 1.74. The number of hydrogen-bond acceptors (Lipinski definition) is 2. The van der Waals surface area contributed by atoms with Gasteiger partial charge >= 0.3 is 0 Å². The average Bonchev–Trinajstić information content (AvgIpc) is 2.06. The predicted molar refractivity (Wildman–Crippen MR) is 78.9 cm³/mol. The summed E-state index contributed by atoms with van der Waals surface area (Å²) in [6.07, 6.45) is 0.931. The maximum Gasteiger partial charge on any atom is 0.0707 e. The van der Waals surface area contributed by atoms with Gasteiger partial charge in [0.25, 0.3) is 0 Å². The van der Waals surface area contributed by atoms with Crippen LogP contribution in [-0.4, -0.2) is 11.4 Å². The molecule has 0 N–H and O–H groups in total. The van der Waals surface area contributed by atoms with Gasteiger partial charge in [-0.15, -0.1) is 0 Å². The summed E-state index contributed by atoms with van der Waals surface area (Å²) < 4.78 is 0. The van der Waals surface area contributed by atoms with E-state index in [1.54, 1.807) is 0 Å². The summed E-state index contributed by atoms with van der Waals surface area (Å²) in [6, 6.07) is 0. The molecule has 0 saturated heterocycles. The van der Waals surface area contributed by atoms with Gasteiger partial charge in [0.1, 0.15) is 0 Å². The lowest BCUT2D eigenvalue weighted by Crippen LogP contribution is -2.22. The smallest absolute Gasteiger partial charge is 0.0707 e. The highest BCUT2D eigenvalue weighted by molar-refractivity contribution is 6.03. The van der Waals surface area contributed by atoms with E-state index in [-0.39, 0.29) is 10.8 Å². The van der Waals surface area contributed by atoms with Gasteiger partial charge in [0, 0.05) is 16.5 Å². The summed E-state index contributed by atoms with van der Waals surface area (Å²) in [7, 11) is 0. The zero-order valence-corrected chi connectivity index (χ0v) is 12.8. The van der Waals surface area contributed by atoms with Crippen LogP contribution in [0.25, 0.3) is 0 Å². The summed E-state index contributed by atoms with van der Waals surface area (Å²) in [6.45, 7) is 21.0. The maximum atomic E-state index is 4.45. The maximum absolute atomic E-state index is 4.45. The lowest BCUT2D eigenvalue weighted by atomic mass is 9.86. The Morgan fingerprint density at radius 2 is 1.41 bits per heavy atom. The minimum Gasteiger partial charge on any atom is -0.159 e. The highest BCUT2D eigenvalue weighted by atomic mass is 15.2. The van der Waals surface area contributed by atoms with Crippen LogP contribution in [0.5, 0.6) is 0 Å². The van der Waals surface area contributed by atoms with E-state index in [1.807, 2.05) is 6.92 Å². The minimum atomic E-state index is -0.00787. The van der Waals surface area contributed by atoms with E-state index < -0.39 is 0 Å². The van der Waals surface area contributed by atoms with Gasteiger partial charge in [-0.2, -0.15) is 10.2 Å². The van der Waals surface area contributed by atoms with Crippen LogP contribution in [0.4, 0.5) is 0 Å². The highest BCUT2D eigenvalue weighted by Gasteiger charge is 2.21. The standard InChI is InChI=1S/C15H28N2/c1-10-12(14(4,5)6)16-17-13(11(2)3)15(7,8)9/h2,10H2,1,3-9H3/b16-12+,17-13+. The van der Waals surface area contributed by atoms with Crippen molar-refractivity contribution in [1.82, 2.24) is 0 Å². The van der Waals surface area contributed by atoms with Gasteiger partial charge in [-0.1, -0.05) is 55.0 Å². The predicted octanol–water partition coefficient (Wildman–Crippen LogP) is 4.86. The van der Waals surface area contributed by atoms with E-state index in [0.717, 1.165) is 23.4 Å². The molecule has 2 heteroatoms. The van der Waals surface area contributed by atoms with Crippen LogP contribution in [0.15, 0.2) is 22.4 Å². The molecule has 0 bridgehead atoms. The molecule has 0 atom stereocenters. The van der Waals surface area contributed by atoms with Crippen LogP contribution >= 0.6 is 0 Å². The van der Waals surface area contributed by atoms with Crippen LogP contribution in [-0.2, 0) is 0 Å². The molecule has 0 unspecified atom stereocenters. The molecule has 0 aromatic rings. The van der Waals surface area contributed by atoms with E-state index >= 15 is 0 Å². The molecule has 0 aliphatic rings. The Hall–Kier alpha value is -0.920. The number of nitrogens with zero attached hydrogens (tertiary/aromatic N) is 2. The van der Waals surface area contributed by atoms with E-state index in [9.17, 15) is 0 Å². The summed E-state index contributed by atoms with van der Waals surface area (Å²) in [5.74, 6) is 0.